The summed E-state index contributed by atoms with van der Waals surface area (Å²) in [5, 5.41) is 6.19. The third kappa shape index (κ3) is 3.40. The molecule has 0 aliphatic heterocycles. The van der Waals surface area contributed by atoms with Gasteiger partial charge in [0.1, 0.15) is 0 Å². The maximum atomic E-state index is 11.9. The number of aryl methyl sites for hydroxylation is 1. The van der Waals surface area contributed by atoms with Gasteiger partial charge < -0.3 is 10.6 Å². The second-order valence-electron chi connectivity index (χ2n) is 4.00. The Labute approximate surface area is 121 Å². The first-order chi connectivity index (χ1) is 9.08. The summed E-state index contributed by atoms with van der Waals surface area (Å²) in [5.74, 6) is 0. The quantitative estimate of drug-likeness (QED) is 0.809. The third-order valence-corrected chi connectivity index (χ3v) is 3.36. The van der Waals surface area contributed by atoms with Crippen molar-refractivity contribution in [2.75, 3.05) is 10.6 Å². The predicted molar refractivity (Wildman–Crippen MR) is 80.3 cm³/mol. The maximum absolute atomic E-state index is 11.9. The smallest absolute Gasteiger partial charge is 0.308 e. The van der Waals surface area contributed by atoms with Gasteiger partial charge in [0.15, 0.2) is 0 Å². The molecule has 0 bridgehead atoms. The van der Waals surface area contributed by atoms with Gasteiger partial charge >= 0.3 is 6.03 Å². The van der Waals surface area contributed by atoms with E-state index in [0.29, 0.717) is 21.4 Å². The number of hydrogen-bond donors (Lipinski definition) is 2. The van der Waals surface area contributed by atoms with Crippen molar-refractivity contribution in [1.82, 2.24) is 0 Å². The summed E-state index contributed by atoms with van der Waals surface area (Å²) >= 11 is 12.1. The molecule has 0 unspecified atom stereocenters. The zero-order valence-electron chi connectivity index (χ0n) is 10.2. The van der Waals surface area contributed by atoms with Crippen molar-refractivity contribution < 1.29 is 4.79 Å². The number of benzene rings is 2. The van der Waals surface area contributed by atoms with Crippen LogP contribution in [-0.2, 0) is 0 Å². The van der Waals surface area contributed by atoms with Gasteiger partial charge in [-0.3, -0.25) is 0 Å². The van der Waals surface area contributed by atoms with E-state index >= 15 is 0 Å². The van der Waals surface area contributed by atoms with E-state index in [-0.39, 0.29) is 6.03 Å². The molecule has 3 nitrogen and oxygen atoms in total. The van der Waals surface area contributed by atoms with E-state index < -0.39 is 0 Å². The molecule has 0 radical (unpaired) electrons. The molecule has 0 fully saturated rings. The number of amides is 2. The molecular weight excluding hydrogens is 283 g/mol. The lowest BCUT2D eigenvalue weighted by Crippen LogP contribution is -2.19. The maximum Gasteiger partial charge on any atom is 0.323 e. The topological polar surface area (TPSA) is 41.1 Å². The van der Waals surface area contributed by atoms with Crippen LogP contribution in [0.5, 0.6) is 0 Å². The van der Waals surface area contributed by atoms with Crippen molar-refractivity contribution in [3.63, 3.8) is 0 Å². The molecule has 0 aliphatic carbocycles. The van der Waals surface area contributed by atoms with Crippen LogP contribution in [0.2, 0.25) is 10.0 Å². The fraction of sp³-hybridized carbons (Fsp3) is 0.0714. The van der Waals surface area contributed by atoms with E-state index in [2.05, 4.69) is 10.6 Å². The summed E-state index contributed by atoms with van der Waals surface area (Å²) in [4.78, 5) is 11.9. The van der Waals surface area contributed by atoms with Crippen molar-refractivity contribution in [2.24, 2.45) is 0 Å². The number of urea groups is 1. The molecule has 98 valence electrons. The minimum Gasteiger partial charge on any atom is -0.308 e. The number of para-hydroxylation sites is 1. The Morgan fingerprint density at radius 3 is 2.37 bits per heavy atom. The monoisotopic (exact) mass is 294 g/mol. The van der Waals surface area contributed by atoms with Crippen molar-refractivity contribution >= 4 is 40.6 Å². The SMILES string of the molecule is Cc1ccc(Cl)c(NC(=O)Nc2ccccc2)c1Cl. The molecule has 0 saturated heterocycles. The number of carbonyl (C=O) groups is 1. The molecule has 2 aromatic rings. The highest BCUT2D eigenvalue weighted by atomic mass is 35.5. The molecule has 2 rings (SSSR count). The second-order valence-corrected chi connectivity index (χ2v) is 4.78. The van der Waals surface area contributed by atoms with Crippen LogP contribution in [0.1, 0.15) is 5.56 Å². The van der Waals surface area contributed by atoms with Gasteiger partial charge in [-0.2, -0.15) is 0 Å². The molecular formula is C14H12Cl2N2O. The molecule has 19 heavy (non-hydrogen) atoms. The van der Waals surface area contributed by atoms with Gasteiger partial charge in [-0.15, -0.1) is 0 Å². The Hall–Kier alpha value is -1.71. The molecule has 0 aromatic heterocycles. The van der Waals surface area contributed by atoms with E-state index in [1.165, 1.54) is 0 Å². The van der Waals surface area contributed by atoms with E-state index in [9.17, 15) is 4.79 Å². The molecule has 0 spiro atoms. The molecule has 2 amide bonds. The van der Waals surface area contributed by atoms with Crippen LogP contribution in [0.15, 0.2) is 42.5 Å². The minimum absolute atomic E-state index is 0.388. The number of anilines is 2. The van der Waals surface area contributed by atoms with Gasteiger partial charge in [0.05, 0.1) is 15.7 Å². The fourth-order valence-corrected chi connectivity index (χ4v) is 2.03. The average Bonchev–Trinajstić information content (AvgIpc) is 2.40. The molecule has 2 aromatic carbocycles. The van der Waals surface area contributed by atoms with Crippen LogP contribution >= 0.6 is 23.2 Å². The Balaban J connectivity index is 2.14. The van der Waals surface area contributed by atoms with Crippen molar-refractivity contribution in [3.8, 4) is 0 Å². The van der Waals surface area contributed by atoms with Gasteiger partial charge in [0, 0.05) is 5.69 Å². The van der Waals surface area contributed by atoms with Crippen LogP contribution in [0, 0.1) is 6.92 Å². The fourth-order valence-electron chi connectivity index (χ4n) is 1.57. The lowest BCUT2D eigenvalue weighted by atomic mass is 10.2. The lowest BCUT2D eigenvalue weighted by molar-refractivity contribution is 0.262. The second kappa shape index (κ2) is 5.95. The number of halogens is 2. The van der Waals surface area contributed by atoms with Gasteiger partial charge in [0.25, 0.3) is 0 Å². The zero-order valence-corrected chi connectivity index (χ0v) is 11.7. The summed E-state index contributed by atoms with van der Waals surface area (Å²) in [5.41, 5.74) is 1.96. The van der Waals surface area contributed by atoms with E-state index in [0.717, 1.165) is 5.56 Å². The number of hydrogen-bond acceptors (Lipinski definition) is 1. The highest BCUT2D eigenvalue weighted by Crippen LogP contribution is 2.32. The van der Waals surface area contributed by atoms with Gasteiger partial charge in [-0.1, -0.05) is 47.5 Å². The minimum atomic E-state index is -0.388. The van der Waals surface area contributed by atoms with Gasteiger partial charge in [-0.25, -0.2) is 4.79 Å². The van der Waals surface area contributed by atoms with Crippen LogP contribution in [-0.4, -0.2) is 6.03 Å². The molecule has 2 N–H and O–H groups in total. The number of rotatable bonds is 2. The summed E-state index contributed by atoms with van der Waals surface area (Å²) < 4.78 is 0. The first-order valence-corrected chi connectivity index (χ1v) is 6.41. The Morgan fingerprint density at radius 1 is 1.00 bits per heavy atom. The molecule has 0 saturated carbocycles. The summed E-state index contributed by atoms with van der Waals surface area (Å²) in [6.07, 6.45) is 0. The first-order valence-electron chi connectivity index (χ1n) is 5.65. The lowest BCUT2D eigenvalue weighted by Gasteiger charge is -2.12. The highest BCUT2D eigenvalue weighted by molar-refractivity contribution is 6.40. The predicted octanol–water partition coefficient (Wildman–Crippen LogP) is 4.95. The Kier molecular flexibility index (Phi) is 4.30. The van der Waals surface area contributed by atoms with Gasteiger partial charge in [0.2, 0.25) is 0 Å². The van der Waals surface area contributed by atoms with Crippen LogP contribution in [0.4, 0.5) is 16.2 Å². The van der Waals surface area contributed by atoms with Crippen LogP contribution in [0.25, 0.3) is 0 Å². The first kappa shape index (κ1) is 13.7. The molecule has 0 heterocycles. The van der Waals surface area contributed by atoms with Crippen molar-refractivity contribution in [2.45, 2.75) is 6.92 Å². The van der Waals surface area contributed by atoms with E-state index in [1.54, 1.807) is 24.3 Å². The summed E-state index contributed by atoms with van der Waals surface area (Å²) in [6.45, 7) is 1.85. The molecule has 0 aliphatic rings. The number of nitrogens with one attached hydrogen (secondary N) is 2. The largest absolute Gasteiger partial charge is 0.323 e. The summed E-state index contributed by atoms with van der Waals surface area (Å²) in [7, 11) is 0. The Morgan fingerprint density at radius 2 is 1.68 bits per heavy atom. The van der Waals surface area contributed by atoms with Crippen LogP contribution in [0.3, 0.4) is 0 Å². The van der Waals surface area contributed by atoms with Gasteiger partial charge in [-0.05, 0) is 30.7 Å². The van der Waals surface area contributed by atoms with Crippen LogP contribution < -0.4 is 10.6 Å². The Bertz CT molecular complexity index is 600. The zero-order chi connectivity index (χ0) is 13.8. The van der Waals surface area contributed by atoms with Crippen molar-refractivity contribution in [1.29, 1.82) is 0 Å². The molecule has 5 heteroatoms. The third-order valence-electron chi connectivity index (χ3n) is 2.55. The van der Waals surface area contributed by atoms with E-state index in [1.807, 2.05) is 25.1 Å². The molecule has 0 atom stereocenters. The standard InChI is InChI=1S/C14H12Cl2N2O/c1-9-7-8-11(15)13(12(9)16)18-14(19)17-10-5-3-2-4-6-10/h2-8H,1H3,(H2,17,18,19). The highest BCUT2D eigenvalue weighted by Gasteiger charge is 2.11. The normalized spacial score (nSPS) is 10.1. The summed E-state index contributed by atoms with van der Waals surface area (Å²) in [6, 6.07) is 12.2. The van der Waals surface area contributed by atoms with Crippen molar-refractivity contribution in [3.05, 3.63) is 58.1 Å². The number of carbonyl (C=O) groups excluding carboxylic acids is 1. The van der Waals surface area contributed by atoms with E-state index in [4.69, 9.17) is 23.2 Å². The average molecular weight is 295 g/mol.